The maximum atomic E-state index is 14.7. The molecule has 0 saturated carbocycles. The number of carboxylic acids is 2. The number of benzene rings is 11. The summed E-state index contributed by atoms with van der Waals surface area (Å²) in [7, 11) is 1.26. The first-order valence-corrected chi connectivity index (χ1v) is 22.9. The van der Waals surface area contributed by atoms with Crippen LogP contribution in [0, 0.1) is 6.92 Å². The van der Waals surface area contributed by atoms with Crippen LogP contribution in [-0.2, 0) is 22.7 Å². The van der Waals surface area contributed by atoms with E-state index in [-0.39, 0.29) is 35.6 Å². The van der Waals surface area contributed by atoms with E-state index in [1.54, 1.807) is 18.2 Å². The Balaban J connectivity index is 0.966. The first-order valence-electron chi connectivity index (χ1n) is 22.9. The molecule has 11 aromatic carbocycles. The summed E-state index contributed by atoms with van der Waals surface area (Å²) in [6.07, 6.45) is 0. The number of hydrogen-bond acceptors (Lipinski definition) is 8. The number of aryl methyl sites for hydroxylation is 1. The van der Waals surface area contributed by atoms with Crippen LogP contribution < -0.4 is 10.6 Å². The molecule has 11 aromatic rings. The fourth-order valence-electron chi connectivity index (χ4n) is 10.0. The molecule has 350 valence electrons. The molecule has 0 fully saturated rings. The molecule has 0 aromatic heterocycles. The van der Waals surface area contributed by atoms with Crippen LogP contribution in [-0.4, -0.2) is 53.0 Å². The lowest BCUT2D eigenvalue weighted by Crippen LogP contribution is -2.24. The normalized spacial score (nSPS) is 11.5. The largest absolute Gasteiger partial charge is 0.478 e. The van der Waals surface area contributed by atoms with Gasteiger partial charge in [0, 0.05) is 12.7 Å². The summed E-state index contributed by atoms with van der Waals surface area (Å²) in [6, 6.07) is 47.8. The fourth-order valence-corrected chi connectivity index (χ4v) is 10.0. The minimum Gasteiger partial charge on any atom is -0.478 e. The molecule has 0 spiro atoms. The summed E-state index contributed by atoms with van der Waals surface area (Å²) in [5.74, 6) is -6.52. The van der Waals surface area contributed by atoms with Crippen molar-refractivity contribution in [3.05, 3.63) is 208 Å². The van der Waals surface area contributed by atoms with Crippen LogP contribution in [0.15, 0.2) is 158 Å². The number of aromatic carboxylic acids is 2. The van der Waals surface area contributed by atoms with Gasteiger partial charge in [-0.25, -0.2) is 19.2 Å². The van der Waals surface area contributed by atoms with Gasteiger partial charge in [-0.1, -0.05) is 133 Å². The highest BCUT2D eigenvalue weighted by Crippen LogP contribution is 2.39. The summed E-state index contributed by atoms with van der Waals surface area (Å²) in [4.78, 5) is 80.4. The lowest BCUT2D eigenvalue weighted by molar-refractivity contribution is 0.0464. The molecule has 0 aliphatic heterocycles. The number of amides is 2. The van der Waals surface area contributed by atoms with Gasteiger partial charge in [-0.2, -0.15) is 0 Å². The van der Waals surface area contributed by atoms with Crippen molar-refractivity contribution < 1.29 is 48.5 Å². The standard InChI is InChI=1S/C60H40N2O10/c1-31-9-21-43(49(25-31)59(69)71-29-38-16-14-36-12-10-32-5-3-7-34-18-22-41(38)53(36)51(32)34)44-24-20-40(62-56(64)46-27-45(55(63)61-2)47(57(65)66)28-48(46)58(67)68)26-50(44)60(70)72-30-39-17-15-37-13-11-33-6-4-8-35-19-23-42(39)54(37)52(33)35/h3-28H,29-30H2,1-2H3,(H,61,63)(H,62,64)(H,65,66)(H,67,68). The van der Waals surface area contributed by atoms with Gasteiger partial charge in [-0.05, 0) is 124 Å². The van der Waals surface area contributed by atoms with E-state index in [2.05, 4.69) is 65.2 Å². The van der Waals surface area contributed by atoms with Gasteiger partial charge >= 0.3 is 23.9 Å². The van der Waals surface area contributed by atoms with E-state index in [1.165, 1.54) is 25.2 Å². The van der Waals surface area contributed by atoms with Crippen LogP contribution in [0.3, 0.4) is 0 Å². The van der Waals surface area contributed by atoms with Crippen molar-refractivity contribution in [1.82, 2.24) is 5.32 Å². The summed E-state index contributed by atoms with van der Waals surface area (Å²) in [5, 5.41) is 37.5. The molecule has 0 aliphatic rings. The molecule has 0 bridgehead atoms. The molecule has 0 saturated heterocycles. The Kier molecular flexibility index (Phi) is 11.0. The molecule has 0 aliphatic carbocycles. The van der Waals surface area contributed by atoms with Crippen molar-refractivity contribution in [2.45, 2.75) is 20.1 Å². The highest BCUT2D eigenvalue weighted by atomic mass is 16.5. The number of carbonyl (C=O) groups excluding carboxylic acids is 4. The van der Waals surface area contributed by atoms with Gasteiger partial charge in [-0.3, -0.25) is 9.59 Å². The summed E-state index contributed by atoms with van der Waals surface area (Å²) in [6.45, 7) is 1.63. The molecule has 0 atom stereocenters. The predicted molar refractivity (Wildman–Crippen MR) is 277 cm³/mol. The second-order valence-corrected chi connectivity index (χ2v) is 17.7. The Bertz CT molecular complexity index is 4090. The topological polar surface area (TPSA) is 185 Å². The number of rotatable bonds is 12. The Labute approximate surface area is 409 Å². The molecule has 0 radical (unpaired) electrons. The number of anilines is 1. The number of carboxylic acid groups (broad SMARTS) is 2. The predicted octanol–water partition coefficient (Wildman–Crippen LogP) is 12.2. The molecule has 12 nitrogen and oxygen atoms in total. The average molecular weight is 949 g/mol. The van der Waals surface area contributed by atoms with Crippen molar-refractivity contribution >= 4 is 106 Å². The van der Waals surface area contributed by atoms with Gasteiger partial charge in [0.2, 0.25) is 0 Å². The Morgan fingerprint density at radius 1 is 0.431 bits per heavy atom. The van der Waals surface area contributed by atoms with Crippen LogP contribution in [0.4, 0.5) is 5.69 Å². The van der Waals surface area contributed by atoms with Gasteiger partial charge < -0.3 is 30.3 Å². The third-order valence-electron chi connectivity index (χ3n) is 13.5. The number of hydrogen-bond donors (Lipinski definition) is 4. The van der Waals surface area contributed by atoms with Crippen LogP contribution in [0.25, 0.3) is 75.8 Å². The minimum atomic E-state index is -1.62. The maximum Gasteiger partial charge on any atom is 0.339 e. The maximum absolute atomic E-state index is 14.7. The van der Waals surface area contributed by atoms with E-state index in [4.69, 9.17) is 9.47 Å². The number of nitrogens with one attached hydrogen (secondary N) is 2. The van der Waals surface area contributed by atoms with Crippen molar-refractivity contribution in [1.29, 1.82) is 0 Å². The highest BCUT2D eigenvalue weighted by molar-refractivity contribution is 6.25. The lowest BCUT2D eigenvalue weighted by Gasteiger charge is -2.18. The minimum absolute atomic E-state index is 0.0174. The van der Waals surface area contributed by atoms with Crippen molar-refractivity contribution in [3.63, 3.8) is 0 Å². The molecule has 12 heteroatoms. The molecule has 2 amide bonds. The van der Waals surface area contributed by atoms with Gasteiger partial charge in [0.15, 0.2) is 0 Å². The van der Waals surface area contributed by atoms with Gasteiger partial charge in [0.05, 0.1) is 33.4 Å². The second kappa shape index (κ2) is 17.7. The van der Waals surface area contributed by atoms with Crippen molar-refractivity contribution in [3.8, 4) is 11.1 Å². The van der Waals surface area contributed by atoms with E-state index >= 15 is 0 Å². The van der Waals surface area contributed by atoms with Crippen molar-refractivity contribution in [2.75, 3.05) is 12.4 Å². The summed E-state index contributed by atoms with van der Waals surface area (Å²) >= 11 is 0. The monoisotopic (exact) mass is 948 g/mol. The third-order valence-corrected chi connectivity index (χ3v) is 13.5. The van der Waals surface area contributed by atoms with Crippen LogP contribution >= 0.6 is 0 Å². The highest BCUT2D eigenvalue weighted by Gasteiger charge is 2.27. The second-order valence-electron chi connectivity index (χ2n) is 17.7. The molecule has 0 heterocycles. The fraction of sp³-hybridized carbons (Fsp3) is 0.0667. The van der Waals surface area contributed by atoms with Crippen LogP contribution in [0.1, 0.15) is 78.8 Å². The molecule has 11 rings (SSSR count). The first-order chi connectivity index (χ1) is 34.9. The zero-order valence-corrected chi connectivity index (χ0v) is 38.6. The molecular weight excluding hydrogens is 909 g/mol. The lowest BCUT2D eigenvalue weighted by atomic mass is 9.92. The smallest absolute Gasteiger partial charge is 0.339 e. The van der Waals surface area contributed by atoms with Crippen LogP contribution in [0.5, 0.6) is 0 Å². The van der Waals surface area contributed by atoms with E-state index in [0.717, 1.165) is 93.5 Å². The number of esters is 2. The summed E-state index contributed by atoms with van der Waals surface area (Å²) < 4.78 is 12.2. The van der Waals surface area contributed by atoms with Crippen LogP contribution in [0.2, 0.25) is 0 Å². The quantitative estimate of drug-likeness (QED) is 0.0678. The van der Waals surface area contributed by atoms with Gasteiger partial charge in [0.1, 0.15) is 13.2 Å². The Morgan fingerprint density at radius 2 is 0.847 bits per heavy atom. The third kappa shape index (κ3) is 7.67. The number of ether oxygens (including phenoxy) is 2. The van der Waals surface area contributed by atoms with E-state index in [9.17, 15) is 39.0 Å². The molecule has 0 unspecified atom stereocenters. The zero-order valence-electron chi connectivity index (χ0n) is 38.6. The van der Waals surface area contributed by atoms with Crippen molar-refractivity contribution in [2.24, 2.45) is 0 Å². The molecule has 72 heavy (non-hydrogen) atoms. The van der Waals surface area contributed by atoms with Gasteiger partial charge in [-0.15, -0.1) is 0 Å². The van der Waals surface area contributed by atoms with E-state index < -0.39 is 57.9 Å². The molecule has 4 N–H and O–H groups in total. The zero-order chi connectivity index (χ0) is 49.9. The summed E-state index contributed by atoms with van der Waals surface area (Å²) in [5.41, 5.74) is 0.776. The Morgan fingerprint density at radius 3 is 1.33 bits per heavy atom. The van der Waals surface area contributed by atoms with E-state index in [1.807, 2.05) is 61.5 Å². The van der Waals surface area contributed by atoms with Gasteiger partial charge in [0.25, 0.3) is 11.8 Å². The Hall–Kier alpha value is -9.68. The van der Waals surface area contributed by atoms with E-state index in [0.29, 0.717) is 5.56 Å². The SMILES string of the molecule is CNC(=O)c1cc(C(=O)Nc2ccc(-c3ccc(C)cc3C(=O)OCc3ccc4ccc5cccc6ccc3c4c56)c(C(=O)OCc3ccc4ccc5cccc6ccc3c4c56)c2)c(C(=O)O)cc1C(=O)O. The number of carbonyl (C=O) groups is 6. The first kappa shape index (κ1) is 44.8. The average Bonchev–Trinajstić information content (AvgIpc) is 3.39. The molecular formula is C60H40N2O10.